The van der Waals surface area contributed by atoms with Gasteiger partial charge in [-0.2, -0.15) is 0 Å². The highest BCUT2D eigenvalue weighted by Crippen LogP contribution is 2.41. The average Bonchev–Trinajstić information content (AvgIpc) is 3.08. The summed E-state index contributed by atoms with van der Waals surface area (Å²) in [6, 6.07) is 6.56. The number of benzene rings is 1. The van der Waals surface area contributed by atoms with Gasteiger partial charge < -0.3 is 9.31 Å². The molecule has 2 fully saturated rings. The molecule has 1 heterocycles. The van der Waals surface area contributed by atoms with Gasteiger partial charge in [-0.05, 0) is 63.5 Å². The Hall–Kier alpha value is -0.315. The Kier molecular flexibility index (Phi) is 3.12. The Balaban J connectivity index is 1.92. The molecule has 1 aliphatic carbocycles. The van der Waals surface area contributed by atoms with Crippen molar-refractivity contribution in [3.8, 4) is 0 Å². The van der Waals surface area contributed by atoms with Crippen LogP contribution in [0.5, 0.6) is 0 Å². The first-order chi connectivity index (χ1) is 8.80. The molecule has 2 nitrogen and oxygen atoms in total. The van der Waals surface area contributed by atoms with Crippen LogP contribution in [0.4, 0.5) is 0 Å². The first-order valence-corrected chi connectivity index (χ1v) is 7.74. The van der Waals surface area contributed by atoms with Gasteiger partial charge in [0.2, 0.25) is 0 Å². The number of hydrogen-bond donors (Lipinski definition) is 0. The quantitative estimate of drug-likeness (QED) is 0.774. The highest BCUT2D eigenvalue weighted by Gasteiger charge is 2.52. The van der Waals surface area contributed by atoms with Crippen LogP contribution in [0.3, 0.4) is 0 Å². The van der Waals surface area contributed by atoms with Crippen molar-refractivity contribution in [2.75, 3.05) is 0 Å². The summed E-state index contributed by atoms with van der Waals surface area (Å²) >= 11 is 3.63. The Bertz CT molecular complexity index is 493. The molecule has 0 amide bonds. The Morgan fingerprint density at radius 3 is 2.21 bits per heavy atom. The van der Waals surface area contributed by atoms with Crippen molar-refractivity contribution in [1.29, 1.82) is 0 Å². The molecule has 1 aliphatic heterocycles. The van der Waals surface area contributed by atoms with Gasteiger partial charge >= 0.3 is 7.12 Å². The van der Waals surface area contributed by atoms with E-state index in [1.807, 2.05) is 0 Å². The van der Waals surface area contributed by atoms with E-state index in [1.54, 1.807) is 0 Å². The van der Waals surface area contributed by atoms with Crippen LogP contribution in [0, 0.1) is 0 Å². The Labute approximate surface area is 124 Å². The second kappa shape index (κ2) is 4.34. The normalized spacial score (nSPS) is 24.8. The molecule has 102 valence electrons. The minimum absolute atomic E-state index is 0.280. The lowest BCUT2D eigenvalue weighted by Gasteiger charge is -2.32. The van der Waals surface area contributed by atoms with Gasteiger partial charge in [0.05, 0.1) is 11.2 Å². The maximum absolute atomic E-state index is 6.13. The lowest BCUT2D eigenvalue weighted by Crippen LogP contribution is -2.41. The molecule has 0 radical (unpaired) electrons. The van der Waals surface area contributed by atoms with Crippen LogP contribution in [0.1, 0.15) is 52.0 Å². The molecule has 1 aromatic carbocycles. The zero-order valence-electron chi connectivity index (χ0n) is 12.0. The van der Waals surface area contributed by atoms with E-state index in [0.29, 0.717) is 0 Å². The molecule has 1 aromatic rings. The fraction of sp³-hybridized carbons (Fsp3) is 0.600. The van der Waals surface area contributed by atoms with Crippen molar-refractivity contribution in [2.24, 2.45) is 0 Å². The highest BCUT2D eigenvalue weighted by molar-refractivity contribution is 9.10. The van der Waals surface area contributed by atoms with E-state index in [1.165, 1.54) is 18.4 Å². The lowest BCUT2D eigenvalue weighted by atomic mass is 9.78. The van der Waals surface area contributed by atoms with Crippen molar-refractivity contribution >= 4 is 28.5 Å². The molecule has 0 unspecified atom stereocenters. The van der Waals surface area contributed by atoms with Gasteiger partial charge in [-0.3, -0.25) is 0 Å². The van der Waals surface area contributed by atoms with Crippen LogP contribution in [-0.2, 0) is 9.31 Å². The minimum atomic E-state index is -0.285. The predicted octanol–water partition coefficient (Wildman–Crippen LogP) is 3.63. The molecule has 1 saturated heterocycles. The third-order valence-electron chi connectivity index (χ3n) is 4.58. The van der Waals surface area contributed by atoms with Crippen LogP contribution in [0.25, 0.3) is 0 Å². The summed E-state index contributed by atoms with van der Waals surface area (Å²) in [5.74, 6) is 0.745. The van der Waals surface area contributed by atoms with Gasteiger partial charge in [0.25, 0.3) is 0 Å². The van der Waals surface area contributed by atoms with Crippen LogP contribution in [0.15, 0.2) is 22.7 Å². The zero-order chi connectivity index (χ0) is 13.8. The van der Waals surface area contributed by atoms with E-state index in [0.717, 1.165) is 15.9 Å². The van der Waals surface area contributed by atoms with E-state index in [4.69, 9.17) is 9.31 Å². The van der Waals surface area contributed by atoms with Crippen molar-refractivity contribution in [3.05, 3.63) is 28.2 Å². The third kappa shape index (κ3) is 2.39. The maximum atomic E-state index is 6.13. The average molecular weight is 323 g/mol. The van der Waals surface area contributed by atoms with Crippen molar-refractivity contribution in [2.45, 2.75) is 57.7 Å². The van der Waals surface area contributed by atoms with E-state index in [-0.39, 0.29) is 18.3 Å². The van der Waals surface area contributed by atoms with Crippen LogP contribution in [-0.4, -0.2) is 18.3 Å². The standard InChI is InChI=1S/C15H20BBrO2/c1-14(2)15(3,4)19-16(18-14)12-9-11(10-5-6-10)7-8-13(12)17/h7-10H,5-6H2,1-4H3. The van der Waals surface area contributed by atoms with E-state index in [9.17, 15) is 0 Å². The van der Waals surface area contributed by atoms with E-state index < -0.39 is 0 Å². The molecule has 19 heavy (non-hydrogen) atoms. The monoisotopic (exact) mass is 322 g/mol. The SMILES string of the molecule is CC1(C)OB(c2cc(C3CC3)ccc2Br)OC1(C)C. The largest absolute Gasteiger partial charge is 0.496 e. The molecule has 0 bridgehead atoms. The fourth-order valence-corrected chi connectivity index (χ4v) is 2.82. The fourth-order valence-electron chi connectivity index (χ4n) is 2.38. The minimum Gasteiger partial charge on any atom is -0.399 e. The van der Waals surface area contributed by atoms with Gasteiger partial charge in [0.15, 0.2) is 0 Å². The second-order valence-electron chi connectivity index (χ2n) is 6.64. The van der Waals surface area contributed by atoms with Crippen LogP contribution < -0.4 is 5.46 Å². The molecule has 0 spiro atoms. The van der Waals surface area contributed by atoms with Gasteiger partial charge in [0.1, 0.15) is 0 Å². The predicted molar refractivity (Wildman–Crippen MR) is 81.8 cm³/mol. The maximum Gasteiger partial charge on any atom is 0.496 e. The molecular weight excluding hydrogens is 303 g/mol. The second-order valence-corrected chi connectivity index (χ2v) is 7.50. The highest BCUT2D eigenvalue weighted by atomic mass is 79.9. The molecule has 2 aliphatic rings. The molecule has 1 saturated carbocycles. The first kappa shape index (κ1) is 13.7. The van der Waals surface area contributed by atoms with Gasteiger partial charge in [-0.15, -0.1) is 0 Å². The lowest BCUT2D eigenvalue weighted by molar-refractivity contribution is 0.00578. The molecule has 0 N–H and O–H groups in total. The van der Waals surface area contributed by atoms with Crippen molar-refractivity contribution in [3.63, 3.8) is 0 Å². The van der Waals surface area contributed by atoms with Crippen molar-refractivity contribution in [1.82, 2.24) is 0 Å². The molecular formula is C15H20BBrO2. The summed E-state index contributed by atoms with van der Waals surface area (Å²) in [4.78, 5) is 0. The molecule has 3 rings (SSSR count). The summed E-state index contributed by atoms with van der Waals surface area (Å²) in [5.41, 5.74) is 1.95. The van der Waals surface area contributed by atoms with Gasteiger partial charge in [-0.1, -0.05) is 28.1 Å². The van der Waals surface area contributed by atoms with Crippen molar-refractivity contribution < 1.29 is 9.31 Å². The topological polar surface area (TPSA) is 18.5 Å². The van der Waals surface area contributed by atoms with E-state index in [2.05, 4.69) is 61.8 Å². The summed E-state index contributed by atoms with van der Waals surface area (Å²) in [7, 11) is -0.280. The molecule has 0 atom stereocenters. The summed E-state index contributed by atoms with van der Waals surface area (Å²) in [6.07, 6.45) is 2.62. The summed E-state index contributed by atoms with van der Waals surface area (Å²) in [5, 5.41) is 0. The summed E-state index contributed by atoms with van der Waals surface area (Å²) in [6.45, 7) is 8.36. The van der Waals surface area contributed by atoms with E-state index >= 15 is 0 Å². The van der Waals surface area contributed by atoms with Crippen LogP contribution in [0.2, 0.25) is 0 Å². The van der Waals surface area contributed by atoms with Gasteiger partial charge in [0, 0.05) is 4.47 Å². The third-order valence-corrected chi connectivity index (χ3v) is 5.30. The Morgan fingerprint density at radius 1 is 1.11 bits per heavy atom. The van der Waals surface area contributed by atoms with Gasteiger partial charge in [-0.25, -0.2) is 0 Å². The molecule has 0 aromatic heterocycles. The van der Waals surface area contributed by atoms with Crippen LogP contribution >= 0.6 is 15.9 Å². The zero-order valence-corrected chi connectivity index (χ0v) is 13.6. The smallest absolute Gasteiger partial charge is 0.399 e. The molecule has 4 heteroatoms. The first-order valence-electron chi connectivity index (χ1n) is 6.95. The Morgan fingerprint density at radius 2 is 1.68 bits per heavy atom. The summed E-state index contributed by atoms with van der Waals surface area (Å²) < 4.78 is 13.3. The number of halogens is 1. The number of rotatable bonds is 2. The number of hydrogen-bond acceptors (Lipinski definition) is 2.